The Balaban J connectivity index is 1.26. The molecule has 0 radical (unpaired) electrons. The first-order chi connectivity index (χ1) is 17.9. The van der Waals surface area contributed by atoms with Gasteiger partial charge in [-0.25, -0.2) is 14.4 Å². The van der Waals surface area contributed by atoms with Crippen molar-refractivity contribution in [2.75, 3.05) is 5.32 Å². The van der Waals surface area contributed by atoms with Crippen molar-refractivity contribution in [3.8, 4) is 11.1 Å². The summed E-state index contributed by atoms with van der Waals surface area (Å²) in [6, 6.07) is 17.6. The lowest BCUT2D eigenvalue weighted by Gasteiger charge is -2.14. The third kappa shape index (κ3) is 4.65. The third-order valence-electron chi connectivity index (χ3n) is 6.72. The molecule has 5 aromatic rings. The van der Waals surface area contributed by atoms with Gasteiger partial charge < -0.3 is 10.3 Å². The van der Waals surface area contributed by atoms with Gasteiger partial charge in [0.25, 0.3) is 5.91 Å². The largest absolute Gasteiger partial charge is 0.360 e. The molecule has 7 nitrogen and oxygen atoms in total. The van der Waals surface area contributed by atoms with Gasteiger partial charge >= 0.3 is 0 Å². The maximum Gasteiger partial charge on any atom is 0.253 e. The Labute approximate surface area is 212 Å². The number of aromatic amines is 1. The molecule has 1 atom stereocenters. The molecule has 1 fully saturated rings. The van der Waals surface area contributed by atoms with Crippen LogP contribution in [0.4, 0.5) is 10.3 Å². The number of rotatable bonds is 6. The number of H-pyrrole nitrogens is 1. The SMILES string of the molecule is CC(NC(=O)c1c[nH]c2ccc(-c3ccc4nc(NC(=O)C5CC5)ncc4c3)cc12)c1cccc(F)c1. The highest BCUT2D eigenvalue weighted by atomic mass is 19.1. The van der Waals surface area contributed by atoms with E-state index in [2.05, 4.69) is 25.6 Å². The van der Waals surface area contributed by atoms with Crippen molar-refractivity contribution in [2.45, 2.75) is 25.8 Å². The zero-order chi connectivity index (χ0) is 25.5. The van der Waals surface area contributed by atoms with Gasteiger partial charge in [0.2, 0.25) is 11.9 Å². The molecule has 2 amide bonds. The van der Waals surface area contributed by atoms with E-state index in [-0.39, 0.29) is 29.6 Å². The average molecular weight is 494 g/mol. The molecule has 3 N–H and O–H groups in total. The van der Waals surface area contributed by atoms with Crippen LogP contribution in [0.15, 0.2) is 73.1 Å². The van der Waals surface area contributed by atoms with Crippen molar-refractivity contribution in [1.29, 1.82) is 0 Å². The van der Waals surface area contributed by atoms with Crippen LogP contribution >= 0.6 is 0 Å². The fourth-order valence-electron chi connectivity index (χ4n) is 4.45. The highest BCUT2D eigenvalue weighted by Gasteiger charge is 2.30. The van der Waals surface area contributed by atoms with Crippen molar-refractivity contribution < 1.29 is 14.0 Å². The summed E-state index contributed by atoms with van der Waals surface area (Å²) in [5.41, 5.74) is 4.68. The van der Waals surface area contributed by atoms with Crippen LogP contribution in [0, 0.1) is 11.7 Å². The lowest BCUT2D eigenvalue weighted by Crippen LogP contribution is -2.26. The van der Waals surface area contributed by atoms with Gasteiger partial charge in [0.15, 0.2) is 0 Å². The summed E-state index contributed by atoms with van der Waals surface area (Å²) in [7, 11) is 0. The van der Waals surface area contributed by atoms with E-state index in [4.69, 9.17) is 0 Å². The smallest absolute Gasteiger partial charge is 0.253 e. The molecule has 1 aliphatic carbocycles. The maximum absolute atomic E-state index is 13.6. The van der Waals surface area contributed by atoms with Crippen molar-refractivity contribution in [3.63, 3.8) is 0 Å². The number of benzene rings is 3. The van der Waals surface area contributed by atoms with E-state index in [1.54, 1.807) is 24.5 Å². The molecule has 0 bridgehead atoms. The Kier molecular flexibility index (Phi) is 5.64. The van der Waals surface area contributed by atoms with Gasteiger partial charge in [0.1, 0.15) is 5.82 Å². The van der Waals surface area contributed by atoms with Crippen LogP contribution in [0.3, 0.4) is 0 Å². The van der Waals surface area contributed by atoms with E-state index >= 15 is 0 Å². The van der Waals surface area contributed by atoms with Crippen LogP contribution in [-0.4, -0.2) is 26.8 Å². The normalized spacial score (nSPS) is 14.0. The molecule has 0 aliphatic heterocycles. The number of carbonyl (C=O) groups is 2. The second kappa shape index (κ2) is 9.13. The number of nitrogens with one attached hydrogen (secondary N) is 3. The zero-order valence-electron chi connectivity index (χ0n) is 20.1. The molecule has 6 rings (SSSR count). The fraction of sp³-hybridized carbons (Fsp3) is 0.172. The topological polar surface area (TPSA) is 99.8 Å². The minimum atomic E-state index is -0.351. The molecular formula is C29H24FN5O2. The summed E-state index contributed by atoms with van der Waals surface area (Å²) < 4.78 is 13.6. The molecule has 184 valence electrons. The first-order valence-electron chi connectivity index (χ1n) is 12.2. The third-order valence-corrected chi connectivity index (χ3v) is 6.72. The van der Waals surface area contributed by atoms with Gasteiger partial charge in [-0.3, -0.25) is 14.9 Å². The number of halogens is 1. The minimum Gasteiger partial charge on any atom is -0.360 e. The van der Waals surface area contributed by atoms with Gasteiger partial charge in [-0.05, 0) is 72.9 Å². The van der Waals surface area contributed by atoms with Crippen LogP contribution in [0.25, 0.3) is 32.9 Å². The molecule has 1 saturated carbocycles. The highest BCUT2D eigenvalue weighted by molar-refractivity contribution is 6.08. The lowest BCUT2D eigenvalue weighted by atomic mass is 10.0. The van der Waals surface area contributed by atoms with E-state index in [1.165, 1.54) is 12.1 Å². The van der Waals surface area contributed by atoms with Crippen LogP contribution in [0.1, 0.15) is 41.7 Å². The second-order valence-corrected chi connectivity index (χ2v) is 9.44. The number of hydrogen-bond donors (Lipinski definition) is 3. The summed E-state index contributed by atoms with van der Waals surface area (Å²) in [6.45, 7) is 1.83. The van der Waals surface area contributed by atoms with E-state index < -0.39 is 0 Å². The quantitative estimate of drug-likeness (QED) is 0.280. The summed E-state index contributed by atoms with van der Waals surface area (Å²) in [4.78, 5) is 37.0. The van der Waals surface area contributed by atoms with E-state index in [9.17, 15) is 14.0 Å². The fourth-order valence-corrected chi connectivity index (χ4v) is 4.45. The number of carbonyl (C=O) groups excluding carboxylic acids is 2. The summed E-state index contributed by atoms with van der Waals surface area (Å²) >= 11 is 0. The minimum absolute atomic E-state index is 0.0269. The van der Waals surface area contributed by atoms with Gasteiger partial charge in [-0.1, -0.05) is 24.3 Å². The highest BCUT2D eigenvalue weighted by Crippen LogP contribution is 2.31. The molecular weight excluding hydrogens is 469 g/mol. The maximum atomic E-state index is 13.6. The van der Waals surface area contributed by atoms with Gasteiger partial charge in [-0.15, -0.1) is 0 Å². The Morgan fingerprint density at radius 3 is 2.68 bits per heavy atom. The van der Waals surface area contributed by atoms with E-state index in [0.717, 1.165) is 45.8 Å². The molecule has 8 heteroatoms. The lowest BCUT2D eigenvalue weighted by molar-refractivity contribution is -0.117. The van der Waals surface area contributed by atoms with Crippen molar-refractivity contribution in [2.24, 2.45) is 5.92 Å². The predicted molar refractivity (Wildman–Crippen MR) is 140 cm³/mol. The first-order valence-corrected chi connectivity index (χ1v) is 12.2. The van der Waals surface area contributed by atoms with Crippen LogP contribution in [-0.2, 0) is 4.79 Å². The van der Waals surface area contributed by atoms with Crippen LogP contribution in [0.5, 0.6) is 0 Å². The average Bonchev–Trinajstić information content (AvgIpc) is 3.67. The predicted octanol–water partition coefficient (Wildman–Crippen LogP) is 5.76. The molecule has 0 saturated heterocycles. The van der Waals surface area contributed by atoms with Gasteiger partial charge in [0, 0.05) is 34.6 Å². The number of fused-ring (bicyclic) bond motifs is 2. The summed E-state index contributed by atoms with van der Waals surface area (Å²) in [6.07, 6.45) is 5.23. The Morgan fingerprint density at radius 2 is 1.86 bits per heavy atom. The number of nitrogens with zero attached hydrogens (tertiary/aromatic N) is 2. The standard InChI is InChI=1S/C29H24FN5O2/c1-16(18-3-2-4-22(30)12-18)33-28(37)24-15-31-26-10-8-20(13-23(24)26)19-7-9-25-21(11-19)14-32-29(34-25)35-27(36)17-5-6-17/h2-4,7-17,31H,5-6H2,1H3,(H,33,37)(H,32,34,35,36). The summed E-state index contributed by atoms with van der Waals surface area (Å²) in [5, 5.41) is 7.37. The number of anilines is 1. The van der Waals surface area contributed by atoms with Crippen LogP contribution in [0.2, 0.25) is 0 Å². The van der Waals surface area contributed by atoms with Gasteiger partial charge in [-0.2, -0.15) is 0 Å². The number of amides is 2. The van der Waals surface area contributed by atoms with Crippen LogP contribution < -0.4 is 10.6 Å². The molecule has 1 aliphatic rings. The number of aromatic nitrogens is 3. The molecule has 2 aromatic heterocycles. The van der Waals surface area contributed by atoms with E-state index in [0.29, 0.717) is 17.1 Å². The zero-order valence-corrected chi connectivity index (χ0v) is 20.1. The molecule has 1 unspecified atom stereocenters. The molecule has 2 heterocycles. The van der Waals surface area contributed by atoms with Crippen molar-refractivity contribution >= 4 is 39.6 Å². The Hall–Kier alpha value is -4.59. The first kappa shape index (κ1) is 22.8. The Morgan fingerprint density at radius 1 is 1.05 bits per heavy atom. The van der Waals surface area contributed by atoms with Crippen molar-refractivity contribution in [3.05, 3.63) is 90.0 Å². The monoisotopic (exact) mass is 493 g/mol. The van der Waals surface area contributed by atoms with Crippen molar-refractivity contribution in [1.82, 2.24) is 20.3 Å². The second-order valence-electron chi connectivity index (χ2n) is 9.44. The molecule has 3 aromatic carbocycles. The summed E-state index contributed by atoms with van der Waals surface area (Å²) in [5.74, 6) is -0.209. The molecule has 37 heavy (non-hydrogen) atoms. The molecule has 0 spiro atoms. The van der Waals surface area contributed by atoms with E-state index in [1.807, 2.05) is 43.3 Å². The number of hydrogen-bond acceptors (Lipinski definition) is 4. The van der Waals surface area contributed by atoms with Gasteiger partial charge in [0.05, 0.1) is 17.1 Å². The Bertz CT molecular complexity index is 1670.